The van der Waals surface area contributed by atoms with Gasteiger partial charge in [0.2, 0.25) is 0 Å². The Balaban J connectivity index is 2.47. The number of aliphatic carboxylic acids is 1. The van der Waals surface area contributed by atoms with Crippen LogP contribution in [0.4, 0.5) is 8.78 Å². The van der Waals surface area contributed by atoms with Gasteiger partial charge in [0.1, 0.15) is 11.6 Å². The monoisotopic (exact) mass is 252 g/mol. The fourth-order valence-corrected chi connectivity index (χ4v) is 1.71. The van der Waals surface area contributed by atoms with Crippen molar-refractivity contribution in [2.24, 2.45) is 7.05 Å². The summed E-state index contributed by atoms with van der Waals surface area (Å²) >= 11 is 0. The van der Waals surface area contributed by atoms with E-state index in [0.29, 0.717) is 11.4 Å². The van der Waals surface area contributed by atoms with Gasteiger partial charge in [0.05, 0.1) is 17.8 Å². The van der Waals surface area contributed by atoms with Crippen LogP contribution < -0.4 is 0 Å². The maximum Gasteiger partial charge on any atom is 0.309 e. The molecule has 0 spiro atoms. The van der Waals surface area contributed by atoms with Crippen molar-refractivity contribution in [1.82, 2.24) is 9.78 Å². The van der Waals surface area contributed by atoms with Crippen molar-refractivity contribution in [3.05, 3.63) is 41.6 Å². The normalized spacial score (nSPS) is 10.6. The predicted octanol–water partition coefficient (Wildman–Crippen LogP) is 1.99. The van der Waals surface area contributed by atoms with E-state index >= 15 is 0 Å². The van der Waals surface area contributed by atoms with Crippen LogP contribution in [-0.2, 0) is 18.3 Å². The molecular weight excluding hydrogens is 242 g/mol. The summed E-state index contributed by atoms with van der Waals surface area (Å²) in [5, 5.41) is 12.6. The average molecular weight is 252 g/mol. The van der Waals surface area contributed by atoms with E-state index in [1.807, 2.05) is 0 Å². The van der Waals surface area contributed by atoms with E-state index in [1.165, 1.54) is 10.7 Å². The molecule has 0 aliphatic rings. The summed E-state index contributed by atoms with van der Waals surface area (Å²) < 4.78 is 28.0. The molecule has 0 unspecified atom stereocenters. The van der Waals surface area contributed by atoms with Gasteiger partial charge in [-0.15, -0.1) is 0 Å². The van der Waals surface area contributed by atoms with Crippen LogP contribution in [-0.4, -0.2) is 20.9 Å². The lowest BCUT2D eigenvalue weighted by atomic mass is 10.1. The first-order chi connectivity index (χ1) is 8.47. The highest BCUT2D eigenvalue weighted by Gasteiger charge is 2.14. The molecule has 2 rings (SSSR count). The van der Waals surface area contributed by atoms with E-state index < -0.39 is 17.6 Å². The van der Waals surface area contributed by atoms with Crippen LogP contribution in [0.15, 0.2) is 24.3 Å². The molecule has 0 radical (unpaired) electrons. The minimum Gasteiger partial charge on any atom is -0.481 e. The number of nitrogens with zero attached hydrogens (tertiary/aromatic N) is 2. The molecule has 0 atom stereocenters. The molecule has 0 amide bonds. The van der Waals surface area contributed by atoms with Crippen LogP contribution in [0.25, 0.3) is 11.3 Å². The van der Waals surface area contributed by atoms with Gasteiger partial charge < -0.3 is 5.11 Å². The van der Waals surface area contributed by atoms with E-state index in [-0.39, 0.29) is 12.0 Å². The Bertz CT molecular complexity index is 608. The fourth-order valence-electron chi connectivity index (χ4n) is 1.71. The Morgan fingerprint density at radius 1 is 1.39 bits per heavy atom. The topological polar surface area (TPSA) is 55.1 Å². The Morgan fingerprint density at radius 3 is 2.78 bits per heavy atom. The van der Waals surface area contributed by atoms with E-state index in [2.05, 4.69) is 5.10 Å². The fraction of sp³-hybridized carbons (Fsp3) is 0.167. The first kappa shape index (κ1) is 12.2. The van der Waals surface area contributed by atoms with Gasteiger partial charge in [-0.05, 0) is 24.3 Å². The maximum absolute atomic E-state index is 13.6. The smallest absolute Gasteiger partial charge is 0.309 e. The number of halogens is 2. The van der Waals surface area contributed by atoms with Crippen molar-refractivity contribution in [3.63, 3.8) is 0 Å². The molecule has 2 aromatic rings. The number of hydrogen-bond acceptors (Lipinski definition) is 2. The molecule has 0 aliphatic heterocycles. The molecule has 1 N–H and O–H groups in total. The van der Waals surface area contributed by atoms with Gasteiger partial charge >= 0.3 is 5.97 Å². The van der Waals surface area contributed by atoms with Gasteiger partial charge in [0, 0.05) is 12.6 Å². The number of rotatable bonds is 3. The molecule has 18 heavy (non-hydrogen) atoms. The van der Waals surface area contributed by atoms with Crippen LogP contribution in [0.2, 0.25) is 0 Å². The second-order valence-corrected chi connectivity index (χ2v) is 3.84. The summed E-state index contributed by atoms with van der Waals surface area (Å²) in [4.78, 5) is 10.6. The van der Waals surface area contributed by atoms with Gasteiger partial charge in [0.15, 0.2) is 0 Å². The van der Waals surface area contributed by atoms with Crippen LogP contribution in [0.5, 0.6) is 0 Å². The highest BCUT2D eigenvalue weighted by Crippen LogP contribution is 2.24. The van der Waals surface area contributed by atoms with Crippen molar-refractivity contribution in [3.8, 4) is 11.3 Å². The third-order valence-electron chi connectivity index (χ3n) is 2.47. The first-order valence-corrected chi connectivity index (χ1v) is 5.17. The highest BCUT2D eigenvalue weighted by atomic mass is 19.1. The van der Waals surface area contributed by atoms with E-state index in [1.54, 1.807) is 7.05 Å². The van der Waals surface area contributed by atoms with Gasteiger partial charge in [-0.1, -0.05) is 0 Å². The number of hydrogen-bond donors (Lipinski definition) is 1. The highest BCUT2D eigenvalue weighted by molar-refractivity contribution is 5.70. The minimum atomic E-state index is -1.03. The van der Waals surface area contributed by atoms with Gasteiger partial charge in [-0.2, -0.15) is 5.10 Å². The number of carbonyl (C=O) groups is 1. The molecule has 1 heterocycles. The van der Waals surface area contributed by atoms with E-state index in [4.69, 9.17) is 5.11 Å². The molecule has 0 aliphatic carbocycles. The zero-order valence-electron chi connectivity index (χ0n) is 9.52. The zero-order valence-corrected chi connectivity index (χ0v) is 9.52. The summed E-state index contributed by atoms with van der Waals surface area (Å²) in [6, 6.07) is 4.53. The number of aryl methyl sites for hydroxylation is 1. The summed E-state index contributed by atoms with van der Waals surface area (Å²) in [6.07, 6.45) is -0.259. The van der Waals surface area contributed by atoms with Crippen molar-refractivity contribution in [2.45, 2.75) is 6.42 Å². The van der Waals surface area contributed by atoms with Crippen molar-refractivity contribution in [1.29, 1.82) is 0 Å². The van der Waals surface area contributed by atoms with Crippen LogP contribution in [0.3, 0.4) is 0 Å². The average Bonchev–Trinajstić information content (AvgIpc) is 2.62. The molecule has 0 fully saturated rings. The van der Waals surface area contributed by atoms with Crippen LogP contribution in [0.1, 0.15) is 5.69 Å². The number of benzene rings is 1. The summed E-state index contributed by atoms with van der Waals surface area (Å²) in [5.41, 5.74) is 0.688. The molecule has 4 nitrogen and oxygen atoms in total. The lowest BCUT2D eigenvalue weighted by molar-refractivity contribution is -0.136. The van der Waals surface area contributed by atoms with Crippen molar-refractivity contribution < 1.29 is 18.7 Å². The quantitative estimate of drug-likeness (QED) is 0.908. The molecule has 6 heteroatoms. The lowest BCUT2D eigenvalue weighted by Gasteiger charge is -2.03. The van der Waals surface area contributed by atoms with Gasteiger partial charge in [-0.25, -0.2) is 8.78 Å². The second-order valence-electron chi connectivity index (χ2n) is 3.84. The third-order valence-corrected chi connectivity index (χ3v) is 2.47. The predicted molar refractivity (Wildman–Crippen MR) is 59.9 cm³/mol. The second kappa shape index (κ2) is 4.56. The molecule has 94 valence electrons. The number of carboxylic acid groups (broad SMARTS) is 1. The molecule has 0 saturated heterocycles. The Morgan fingerprint density at radius 2 is 2.11 bits per heavy atom. The molecular formula is C12H10F2N2O2. The molecule has 0 saturated carbocycles. The van der Waals surface area contributed by atoms with Crippen LogP contribution >= 0.6 is 0 Å². The molecule has 1 aromatic carbocycles. The molecule has 0 bridgehead atoms. The number of aromatic nitrogens is 2. The van der Waals surface area contributed by atoms with Crippen LogP contribution in [0, 0.1) is 11.6 Å². The van der Waals surface area contributed by atoms with E-state index in [9.17, 15) is 13.6 Å². The summed E-state index contributed by atoms with van der Waals surface area (Å²) in [7, 11) is 1.55. The summed E-state index contributed by atoms with van der Waals surface area (Å²) in [5.74, 6) is -2.17. The van der Waals surface area contributed by atoms with Crippen molar-refractivity contribution >= 4 is 5.97 Å². The largest absolute Gasteiger partial charge is 0.481 e. The Labute approximate surface area is 101 Å². The SMILES string of the molecule is Cn1nc(CC(=O)O)cc1-c1cc(F)ccc1F. The summed E-state index contributed by atoms with van der Waals surface area (Å²) in [6.45, 7) is 0. The minimum absolute atomic E-state index is 0.0571. The van der Waals surface area contributed by atoms with Gasteiger partial charge in [0.25, 0.3) is 0 Å². The Hall–Kier alpha value is -2.24. The maximum atomic E-state index is 13.6. The Kier molecular flexibility index (Phi) is 3.10. The molecule has 1 aromatic heterocycles. The van der Waals surface area contributed by atoms with Gasteiger partial charge in [-0.3, -0.25) is 9.48 Å². The third kappa shape index (κ3) is 2.37. The number of carboxylic acids is 1. The zero-order chi connectivity index (χ0) is 13.3. The lowest BCUT2D eigenvalue weighted by Crippen LogP contribution is -2.01. The van der Waals surface area contributed by atoms with Crippen molar-refractivity contribution in [2.75, 3.05) is 0 Å². The van der Waals surface area contributed by atoms with E-state index in [0.717, 1.165) is 18.2 Å². The first-order valence-electron chi connectivity index (χ1n) is 5.17. The standard InChI is InChI=1S/C12H10F2N2O2/c1-16-11(5-8(15-16)6-12(17)18)9-4-7(13)2-3-10(9)14/h2-5H,6H2,1H3,(H,17,18).